The van der Waals surface area contributed by atoms with E-state index in [1.165, 1.54) is 0 Å². The van der Waals surface area contributed by atoms with E-state index in [1.807, 2.05) is 30.3 Å². The third kappa shape index (κ3) is 1.96. The van der Waals surface area contributed by atoms with Crippen molar-refractivity contribution in [3.8, 4) is 11.5 Å². The minimum Gasteiger partial charge on any atom is -0.495 e. The quantitative estimate of drug-likeness (QED) is 0.842. The third-order valence-electron chi connectivity index (χ3n) is 2.91. The number of rotatable bonds is 2. The van der Waals surface area contributed by atoms with Crippen LogP contribution in [0.15, 0.2) is 36.1 Å². The largest absolute Gasteiger partial charge is 0.495 e. The second-order valence-corrected chi connectivity index (χ2v) is 4.10. The smallest absolute Gasteiger partial charge is 0.166 e. The summed E-state index contributed by atoms with van der Waals surface area (Å²) in [7, 11) is 0. The molecule has 2 atom stereocenters. The van der Waals surface area contributed by atoms with Crippen LogP contribution < -0.4 is 9.47 Å². The van der Waals surface area contributed by atoms with E-state index in [0.29, 0.717) is 24.7 Å². The van der Waals surface area contributed by atoms with Gasteiger partial charge in [0, 0.05) is 6.42 Å². The summed E-state index contributed by atoms with van der Waals surface area (Å²) in [5, 5.41) is 10.1. The number of aliphatic hydroxyl groups excluding tert-OH is 1. The minimum atomic E-state index is -0.758. The van der Waals surface area contributed by atoms with Crippen LogP contribution in [-0.4, -0.2) is 30.5 Å². The molecule has 0 radical (unpaired) electrons. The molecule has 4 nitrogen and oxygen atoms in total. The zero-order valence-electron chi connectivity index (χ0n) is 9.33. The Kier molecular flexibility index (Phi) is 2.65. The summed E-state index contributed by atoms with van der Waals surface area (Å²) in [6.45, 7) is 0.968. The first kappa shape index (κ1) is 10.5. The Morgan fingerprint density at radius 2 is 2.00 bits per heavy atom. The predicted molar refractivity (Wildman–Crippen MR) is 61.0 cm³/mol. The Morgan fingerprint density at radius 1 is 1.18 bits per heavy atom. The van der Waals surface area contributed by atoms with Gasteiger partial charge in [0.25, 0.3) is 0 Å². The lowest BCUT2D eigenvalue weighted by Gasteiger charge is -2.29. The minimum absolute atomic E-state index is 0.332. The van der Waals surface area contributed by atoms with Crippen LogP contribution in [0.4, 0.5) is 0 Å². The maximum Gasteiger partial charge on any atom is 0.166 e. The van der Waals surface area contributed by atoms with Gasteiger partial charge >= 0.3 is 0 Å². The third-order valence-corrected chi connectivity index (χ3v) is 2.91. The number of hydrogen-bond acceptors (Lipinski definition) is 4. The fourth-order valence-corrected chi connectivity index (χ4v) is 2.02. The second kappa shape index (κ2) is 4.30. The van der Waals surface area contributed by atoms with E-state index in [2.05, 4.69) is 0 Å². The van der Waals surface area contributed by atoms with Gasteiger partial charge in [-0.1, -0.05) is 12.1 Å². The highest BCUT2D eigenvalue weighted by molar-refractivity contribution is 5.41. The molecule has 0 bridgehead atoms. The molecule has 90 valence electrons. The van der Waals surface area contributed by atoms with Crippen molar-refractivity contribution in [1.29, 1.82) is 0 Å². The molecule has 0 aliphatic carbocycles. The number of fused-ring (bicyclic) bond motifs is 1. The molecule has 4 heteroatoms. The molecular weight excluding hydrogens is 220 g/mol. The maximum atomic E-state index is 10.1. The topological polar surface area (TPSA) is 47.9 Å². The van der Waals surface area contributed by atoms with Gasteiger partial charge in [-0.3, -0.25) is 0 Å². The second-order valence-electron chi connectivity index (χ2n) is 4.10. The molecule has 2 aliphatic heterocycles. The van der Waals surface area contributed by atoms with Crippen molar-refractivity contribution < 1.29 is 19.3 Å². The molecule has 0 spiro atoms. The van der Waals surface area contributed by atoms with Gasteiger partial charge in [0.05, 0.1) is 6.61 Å². The summed E-state index contributed by atoms with van der Waals surface area (Å²) in [6, 6.07) is 7.45. The van der Waals surface area contributed by atoms with E-state index in [9.17, 15) is 5.11 Å². The number of aliphatic hydroxyl groups is 1. The standard InChI is InChI=1S/C13H14O4/c14-13(11-6-3-7-15-11)12-8-16-9-4-1-2-5-10(9)17-12/h1-2,4-6,12-14H,3,7-8H2. The Morgan fingerprint density at radius 3 is 2.76 bits per heavy atom. The molecule has 0 saturated heterocycles. The zero-order valence-corrected chi connectivity index (χ0v) is 9.33. The highest BCUT2D eigenvalue weighted by atomic mass is 16.6. The fraction of sp³-hybridized carbons (Fsp3) is 0.385. The highest BCUT2D eigenvalue weighted by Crippen LogP contribution is 2.32. The predicted octanol–water partition coefficient (Wildman–Crippen LogP) is 1.49. The maximum absolute atomic E-state index is 10.1. The van der Waals surface area contributed by atoms with E-state index < -0.39 is 12.2 Å². The van der Waals surface area contributed by atoms with Crippen molar-refractivity contribution in [1.82, 2.24) is 0 Å². The molecule has 1 aromatic rings. The average Bonchev–Trinajstić information content (AvgIpc) is 2.91. The van der Waals surface area contributed by atoms with Gasteiger partial charge in [-0.25, -0.2) is 0 Å². The molecule has 0 aromatic heterocycles. The average molecular weight is 234 g/mol. The van der Waals surface area contributed by atoms with Crippen molar-refractivity contribution in [3.05, 3.63) is 36.1 Å². The molecule has 2 heterocycles. The molecule has 2 unspecified atom stereocenters. The van der Waals surface area contributed by atoms with Crippen molar-refractivity contribution in [2.75, 3.05) is 13.2 Å². The molecule has 3 rings (SSSR count). The molecule has 0 saturated carbocycles. The van der Waals surface area contributed by atoms with Crippen LogP contribution in [0.3, 0.4) is 0 Å². The number of para-hydroxylation sites is 2. The summed E-state index contributed by atoms with van der Waals surface area (Å²) in [5.74, 6) is 1.98. The van der Waals surface area contributed by atoms with E-state index in [4.69, 9.17) is 14.2 Å². The fourth-order valence-electron chi connectivity index (χ4n) is 2.02. The number of hydrogen-bond donors (Lipinski definition) is 1. The van der Waals surface area contributed by atoms with Crippen LogP contribution in [0.1, 0.15) is 6.42 Å². The van der Waals surface area contributed by atoms with Crippen molar-refractivity contribution >= 4 is 0 Å². The Hall–Kier alpha value is -1.68. The van der Waals surface area contributed by atoms with E-state index >= 15 is 0 Å². The van der Waals surface area contributed by atoms with Crippen LogP contribution in [0.5, 0.6) is 11.5 Å². The van der Waals surface area contributed by atoms with Crippen LogP contribution >= 0.6 is 0 Å². The van der Waals surface area contributed by atoms with Crippen LogP contribution in [0.2, 0.25) is 0 Å². The molecule has 1 aromatic carbocycles. The van der Waals surface area contributed by atoms with Crippen molar-refractivity contribution in [3.63, 3.8) is 0 Å². The SMILES string of the molecule is OC(C1=CCCO1)C1COc2ccccc2O1. The first-order valence-electron chi connectivity index (χ1n) is 5.74. The highest BCUT2D eigenvalue weighted by Gasteiger charge is 2.31. The van der Waals surface area contributed by atoms with Gasteiger partial charge in [0.15, 0.2) is 23.7 Å². The van der Waals surface area contributed by atoms with Gasteiger partial charge in [-0.15, -0.1) is 0 Å². The lowest BCUT2D eigenvalue weighted by atomic mass is 10.1. The molecule has 1 N–H and O–H groups in total. The normalized spacial score (nSPS) is 23.8. The van der Waals surface area contributed by atoms with E-state index in [0.717, 1.165) is 12.2 Å². The lowest BCUT2D eigenvalue weighted by molar-refractivity contribution is -0.0159. The number of ether oxygens (including phenoxy) is 3. The monoisotopic (exact) mass is 234 g/mol. The van der Waals surface area contributed by atoms with Crippen LogP contribution in [0, 0.1) is 0 Å². The van der Waals surface area contributed by atoms with Gasteiger partial charge < -0.3 is 19.3 Å². The Bertz CT molecular complexity index is 441. The van der Waals surface area contributed by atoms with E-state index in [-0.39, 0.29) is 0 Å². The van der Waals surface area contributed by atoms with Crippen LogP contribution in [0.25, 0.3) is 0 Å². The summed E-state index contributed by atoms with van der Waals surface area (Å²) in [6.07, 6.45) is 1.57. The summed E-state index contributed by atoms with van der Waals surface area (Å²) >= 11 is 0. The molecule has 0 amide bonds. The molecule has 0 fully saturated rings. The Labute approximate surface area is 99.4 Å². The van der Waals surface area contributed by atoms with Crippen molar-refractivity contribution in [2.45, 2.75) is 18.6 Å². The van der Waals surface area contributed by atoms with Gasteiger partial charge in [0.1, 0.15) is 12.4 Å². The molecule has 2 aliphatic rings. The summed E-state index contributed by atoms with van der Waals surface area (Å²) in [4.78, 5) is 0. The Balaban J connectivity index is 1.75. The lowest BCUT2D eigenvalue weighted by Crippen LogP contribution is -2.40. The molecule has 17 heavy (non-hydrogen) atoms. The van der Waals surface area contributed by atoms with Crippen LogP contribution in [-0.2, 0) is 4.74 Å². The van der Waals surface area contributed by atoms with Crippen molar-refractivity contribution in [2.24, 2.45) is 0 Å². The summed E-state index contributed by atoms with van der Waals surface area (Å²) < 4.78 is 16.6. The summed E-state index contributed by atoms with van der Waals surface area (Å²) in [5.41, 5.74) is 0. The molecular formula is C13H14O4. The number of benzene rings is 1. The first-order chi connectivity index (χ1) is 8.34. The van der Waals surface area contributed by atoms with Gasteiger partial charge in [-0.2, -0.15) is 0 Å². The van der Waals surface area contributed by atoms with Gasteiger partial charge in [-0.05, 0) is 18.2 Å². The van der Waals surface area contributed by atoms with Gasteiger partial charge in [0.2, 0.25) is 0 Å². The zero-order chi connectivity index (χ0) is 11.7. The first-order valence-corrected chi connectivity index (χ1v) is 5.74. The van der Waals surface area contributed by atoms with E-state index in [1.54, 1.807) is 0 Å².